The topological polar surface area (TPSA) is 59.8 Å². The quantitative estimate of drug-likeness (QED) is 0.805. The van der Waals surface area contributed by atoms with Crippen LogP contribution in [0.4, 0.5) is 0 Å². The van der Waals surface area contributed by atoms with Gasteiger partial charge in [0.1, 0.15) is 5.52 Å². The zero-order chi connectivity index (χ0) is 16.4. The molecular formula is C18H20N4O. The molecule has 0 radical (unpaired) electrons. The monoisotopic (exact) mass is 308 g/mol. The van der Waals surface area contributed by atoms with Crippen LogP contribution in [0.5, 0.6) is 0 Å². The molecule has 1 aromatic heterocycles. The summed E-state index contributed by atoms with van der Waals surface area (Å²) in [6, 6.07) is 13.9. The number of aromatic nitrogens is 3. The molecule has 2 aromatic carbocycles. The Hall–Kier alpha value is -2.69. The summed E-state index contributed by atoms with van der Waals surface area (Å²) in [7, 11) is 0. The fraction of sp³-hybridized carbons (Fsp3) is 0.278. The molecule has 3 rings (SSSR count). The first kappa shape index (κ1) is 15.2. The average Bonchev–Trinajstić information content (AvgIpc) is 2.97. The predicted molar refractivity (Wildman–Crippen MR) is 90.3 cm³/mol. The normalized spacial score (nSPS) is 11.1. The number of nitrogens with zero attached hydrogens (tertiary/aromatic N) is 3. The lowest BCUT2D eigenvalue weighted by Gasteiger charge is -2.07. The number of amides is 1. The second-order valence-electron chi connectivity index (χ2n) is 6.00. The molecule has 0 atom stereocenters. The van der Waals surface area contributed by atoms with Crippen LogP contribution in [-0.2, 0) is 6.54 Å². The van der Waals surface area contributed by atoms with Gasteiger partial charge in [-0.15, -0.1) is 5.10 Å². The molecule has 5 nitrogen and oxygen atoms in total. The second kappa shape index (κ2) is 6.20. The molecule has 0 bridgehead atoms. The molecule has 1 N–H and O–H groups in total. The van der Waals surface area contributed by atoms with Crippen molar-refractivity contribution in [1.82, 2.24) is 20.3 Å². The molecule has 5 heteroatoms. The second-order valence-corrected chi connectivity index (χ2v) is 6.00. The summed E-state index contributed by atoms with van der Waals surface area (Å²) >= 11 is 0. The molecule has 0 aliphatic heterocycles. The highest BCUT2D eigenvalue weighted by molar-refractivity contribution is 5.97. The molecule has 23 heavy (non-hydrogen) atoms. The summed E-state index contributed by atoms with van der Waals surface area (Å²) in [6.45, 7) is 6.66. The molecule has 0 spiro atoms. The minimum absolute atomic E-state index is 0.105. The number of hydrogen-bond donors (Lipinski definition) is 1. The third-order valence-electron chi connectivity index (χ3n) is 3.80. The summed E-state index contributed by atoms with van der Waals surface area (Å²) in [4.78, 5) is 12.3. The fourth-order valence-corrected chi connectivity index (χ4v) is 2.45. The summed E-state index contributed by atoms with van der Waals surface area (Å²) < 4.78 is 1.85. The average molecular weight is 308 g/mol. The van der Waals surface area contributed by atoms with Crippen LogP contribution in [0.1, 0.15) is 41.4 Å². The van der Waals surface area contributed by atoms with Crippen molar-refractivity contribution < 1.29 is 4.79 Å². The van der Waals surface area contributed by atoms with E-state index >= 15 is 0 Å². The molecule has 0 unspecified atom stereocenters. The van der Waals surface area contributed by atoms with Gasteiger partial charge in [0.15, 0.2) is 0 Å². The first-order valence-corrected chi connectivity index (χ1v) is 7.73. The predicted octanol–water partition coefficient (Wildman–Crippen LogP) is 3.25. The van der Waals surface area contributed by atoms with E-state index in [2.05, 4.69) is 29.5 Å². The van der Waals surface area contributed by atoms with E-state index in [1.165, 1.54) is 5.56 Å². The Labute approximate surface area is 135 Å². The fourth-order valence-electron chi connectivity index (χ4n) is 2.45. The van der Waals surface area contributed by atoms with E-state index in [0.717, 1.165) is 16.6 Å². The van der Waals surface area contributed by atoms with Crippen LogP contribution in [0.2, 0.25) is 0 Å². The van der Waals surface area contributed by atoms with Gasteiger partial charge in [0.05, 0.1) is 5.52 Å². The third kappa shape index (κ3) is 3.23. The maximum Gasteiger partial charge on any atom is 0.251 e. The molecule has 0 aliphatic carbocycles. The van der Waals surface area contributed by atoms with E-state index in [1.54, 1.807) is 6.07 Å². The van der Waals surface area contributed by atoms with Crippen molar-refractivity contribution in [3.63, 3.8) is 0 Å². The maximum absolute atomic E-state index is 12.3. The van der Waals surface area contributed by atoms with Crippen molar-refractivity contribution in [1.29, 1.82) is 0 Å². The lowest BCUT2D eigenvalue weighted by molar-refractivity contribution is 0.0951. The molecule has 118 valence electrons. The van der Waals surface area contributed by atoms with Gasteiger partial charge in [-0.3, -0.25) is 4.79 Å². The third-order valence-corrected chi connectivity index (χ3v) is 3.80. The minimum Gasteiger partial charge on any atom is -0.348 e. The molecule has 0 saturated carbocycles. The Bertz CT molecular complexity index is 834. The van der Waals surface area contributed by atoms with Crippen LogP contribution in [-0.4, -0.2) is 20.9 Å². The van der Waals surface area contributed by atoms with Crippen molar-refractivity contribution in [3.8, 4) is 0 Å². The van der Waals surface area contributed by atoms with Crippen molar-refractivity contribution in [3.05, 3.63) is 59.2 Å². The first-order valence-electron chi connectivity index (χ1n) is 7.73. The SMILES string of the molecule is Cc1ccc(CNC(=O)c2ccc3c(c2)nnn3C(C)C)cc1. The van der Waals surface area contributed by atoms with E-state index < -0.39 is 0 Å². The van der Waals surface area contributed by atoms with Gasteiger partial charge in [0.2, 0.25) is 0 Å². The Morgan fingerprint density at radius 1 is 1.17 bits per heavy atom. The van der Waals surface area contributed by atoms with Crippen LogP contribution in [0.25, 0.3) is 11.0 Å². The lowest BCUT2D eigenvalue weighted by atomic mass is 10.1. The van der Waals surface area contributed by atoms with Gasteiger partial charge in [0.25, 0.3) is 5.91 Å². The number of fused-ring (bicyclic) bond motifs is 1. The smallest absolute Gasteiger partial charge is 0.251 e. The molecule has 0 fully saturated rings. The molecule has 1 heterocycles. The number of aryl methyl sites for hydroxylation is 1. The summed E-state index contributed by atoms with van der Waals surface area (Å²) in [5.41, 5.74) is 4.56. The Morgan fingerprint density at radius 2 is 1.91 bits per heavy atom. The molecule has 3 aromatic rings. The van der Waals surface area contributed by atoms with Crippen LogP contribution in [0, 0.1) is 6.92 Å². The number of nitrogens with one attached hydrogen (secondary N) is 1. The van der Waals surface area contributed by atoms with Gasteiger partial charge in [-0.2, -0.15) is 0 Å². The van der Waals surface area contributed by atoms with Crippen LogP contribution in [0.3, 0.4) is 0 Å². The van der Waals surface area contributed by atoms with Gasteiger partial charge in [-0.25, -0.2) is 4.68 Å². The lowest BCUT2D eigenvalue weighted by Crippen LogP contribution is -2.22. The Kier molecular flexibility index (Phi) is 4.10. The van der Waals surface area contributed by atoms with Gasteiger partial charge in [-0.05, 0) is 44.5 Å². The van der Waals surface area contributed by atoms with Crippen LogP contribution in [0.15, 0.2) is 42.5 Å². The van der Waals surface area contributed by atoms with E-state index in [1.807, 2.05) is 48.0 Å². The highest BCUT2D eigenvalue weighted by Gasteiger charge is 2.11. The van der Waals surface area contributed by atoms with Gasteiger partial charge in [-0.1, -0.05) is 35.0 Å². The first-order chi connectivity index (χ1) is 11.0. The van der Waals surface area contributed by atoms with Crippen molar-refractivity contribution in [2.45, 2.75) is 33.4 Å². The van der Waals surface area contributed by atoms with Crippen LogP contribution >= 0.6 is 0 Å². The number of carbonyl (C=O) groups is 1. The van der Waals surface area contributed by atoms with Gasteiger partial charge < -0.3 is 5.32 Å². The molecule has 0 aliphatic rings. The largest absolute Gasteiger partial charge is 0.348 e. The highest BCUT2D eigenvalue weighted by Crippen LogP contribution is 2.17. The number of hydrogen-bond acceptors (Lipinski definition) is 3. The number of benzene rings is 2. The van der Waals surface area contributed by atoms with Gasteiger partial charge >= 0.3 is 0 Å². The number of carbonyl (C=O) groups excluding carboxylic acids is 1. The summed E-state index contributed by atoms with van der Waals surface area (Å²) in [6.07, 6.45) is 0. The zero-order valence-electron chi connectivity index (χ0n) is 13.6. The maximum atomic E-state index is 12.3. The molecule has 0 saturated heterocycles. The van der Waals surface area contributed by atoms with Crippen LogP contribution < -0.4 is 5.32 Å². The standard InChI is InChI=1S/C18H20N4O/c1-12(2)22-17-9-8-15(10-16(17)20-21-22)18(23)19-11-14-6-4-13(3)5-7-14/h4-10,12H,11H2,1-3H3,(H,19,23). The summed E-state index contributed by atoms with van der Waals surface area (Å²) in [5, 5.41) is 11.2. The van der Waals surface area contributed by atoms with Gasteiger partial charge in [0, 0.05) is 18.2 Å². The Morgan fingerprint density at radius 3 is 2.61 bits per heavy atom. The van der Waals surface area contributed by atoms with E-state index in [0.29, 0.717) is 12.1 Å². The number of rotatable bonds is 4. The minimum atomic E-state index is -0.105. The highest BCUT2D eigenvalue weighted by atomic mass is 16.1. The Balaban J connectivity index is 1.74. The van der Waals surface area contributed by atoms with Crippen molar-refractivity contribution >= 4 is 16.9 Å². The van der Waals surface area contributed by atoms with E-state index in [-0.39, 0.29) is 11.9 Å². The molecular weight excluding hydrogens is 288 g/mol. The van der Waals surface area contributed by atoms with E-state index in [9.17, 15) is 4.79 Å². The van der Waals surface area contributed by atoms with E-state index in [4.69, 9.17) is 0 Å². The van der Waals surface area contributed by atoms with Crippen molar-refractivity contribution in [2.24, 2.45) is 0 Å². The summed E-state index contributed by atoms with van der Waals surface area (Å²) in [5.74, 6) is -0.105. The van der Waals surface area contributed by atoms with Crippen molar-refractivity contribution in [2.75, 3.05) is 0 Å². The zero-order valence-corrected chi connectivity index (χ0v) is 13.6. The molecule has 1 amide bonds.